The second-order valence-electron chi connectivity index (χ2n) is 4.60. The molecule has 114 valence electrons. The van der Waals surface area contributed by atoms with Crippen molar-refractivity contribution in [2.24, 2.45) is 0 Å². The van der Waals surface area contributed by atoms with Gasteiger partial charge in [0.1, 0.15) is 16.7 Å². The Bertz CT molecular complexity index is 925. The largest absolute Gasteiger partial charge is 0.502 e. The molecule has 0 amide bonds. The van der Waals surface area contributed by atoms with Gasteiger partial charge in [-0.25, -0.2) is 0 Å². The van der Waals surface area contributed by atoms with Gasteiger partial charge < -0.3 is 23.7 Å². The molecule has 1 N–H and O–H groups in total. The number of hydrogen-bond donors (Lipinski definition) is 1. The van der Waals surface area contributed by atoms with Gasteiger partial charge in [0.15, 0.2) is 11.3 Å². The first-order valence-corrected chi connectivity index (χ1v) is 6.49. The maximum atomic E-state index is 12.7. The van der Waals surface area contributed by atoms with E-state index in [1.165, 1.54) is 27.4 Å². The van der Waals surface area contributed by atoms with Gasteiger partial charge in [0.25, 0.3) is 0 Å². The lowest BCUT2D eigenvalue weighted by molar-refractivity contribution is 0.333. The van der Waals surface area contributed by atoms with Gasteiger partial charge in [-0.15, -0.1) is 0 Å². The highest BCUT2D eigenvalue weighted by Gasteiger charge is 2.20. The van der Waals surface area contributed by atoms with Gasteiger partial charge in [-0.3, -0.25) is 4.79 Å². The molecule has 6 nitrogen and oxygen atoms in total. The van der Waals surface area contributed by atoms with E-state index < -0.39 is 0 Å². The Balaban J connectivity index is 2.55. The van der Waals surface area contributed by atoms with Crippen molar-refractivity contribution < 1.29 is 23.7 Å². The molecule has 0 saturated heterocycles. The van der Waals surface area contributed by atoms with E-state index in [4.69, 9.17) is 18.6 Å². The van der Waals surface area contributed by atoms with Crippen LogP contribution in [0.4, 0.5) is 0 Å². The van der Waals surface area contributed by atoms with Crippen LogP contribution in [0.5, 0.6) is 23.0 Å². The van der Waals surface area contributed by atoms with Crippen molar-refractivity contribution in [3.05, 3.63) is 34.5 Å². The van der Waals surface area contributed by atoms with Crippen molar-refractivity contribution in [2.45, 2.75) is 0 Å². The molecule has 0 bridgehead atoms. The SMILES string of the molecule is COc1cc2c(=O)c3c(OC)cccc3oc2c(O)c1OC. The van der Waals surface area contributed by atoms with E-state index in [0.29, 0.717) is 16.7 Å². The van der Waals surface area contributed by atoms with Gasteiger partial charge in [0.05, 0.1) is 26.7 Å². The minimum absolute atomic E-state index is 0.0448. The Kier molecular flexibility index (Phi) is 3.29. The molecule has 0 aliphatic heterocycles. The summed E-state index contributed by atoms with van der Waals surface area (Å²) in [5.41, 5.74) is 0.0488. The lowest BCUT2D eigenvalue weighted by Gasteiger charge is -2.12. The van der Waals surface area contributed by atoms with Crippen molar-refractivity contribution in [3.8, 4) is 23.0 Å². The molecule has 3 aromatic rings. The summed E-state index contributed by atoms with van der Waals surface area (Å²) in [7, 11) is 4.29. The summed E-state index contributed by atoms with van der Waals surface area (Å²) in [6.45, 7) is 0. The summed E-state index contributed by atoms with van der Waals surface area (Å²) >= 11 is 0. The molecule has 0 saturated carbocycles. The lowest BCUT2D eigenvalue weighted by atomic mass is 10.1. The Morgan fingerprint density at radius 1 is 1.05 bits per heavy atom. The molecule has 0 aliphatic rings. The molecule has 1 aromatic heterocycles. The molecule has 0 fully saturated rings. The molecule has 2 aromatic carbocycles. The quantitative estimate of drug-likeness (QED) is 0.749. The number of ether oxygens (including phenoxy) is 3. The third-order valence-corrected chi connectivity index (χ3v) is 3.49. The van der Waals surface area contributed by atoms with Crippen LogP contribution >= 0.6 is 0 Å². The second kappa shape index (κ2) is 5.14. The number of phenolic OH excluding ortho intramolecular Hbond substituents is 1. The van der Waals surface area contributed by atoms with Crippen LogP contribution in [0.1, 0.15) is 0 Å². The number of phenols is 1. The van der Waals surface area contributed by atoms with Gasteiger partial charge in [-0.2, -0.15) is 0 Å². The molecule has 0 radical (unpaired) electrons. The minimum atomic E-state index is -0.315. The molecule has 1 heterocycles. The van der Waals surface area contributed by atoms with E-state index in [1.807, 2.05) is 0 Å². The molecule has 3 rings (SSSR count). The van der Waals surface area contributed by atoms with Crippen LogP contribution in [0.2, 0.25) is 0 Å². The Hall–Kier alpha value is -2.89. The molecule has 0 unspecified atom stereocenters. The van der Waals surface area contributed by atoms with Crippen LogP contribution in [-0.4, -0.2) is 26.4 Å². The predicted octanol–water partition coefficient (Wildman–Crippen LogP) is 2.68. The van der Waals surface area contributed by atoms with Crippen LogP contribution in [0.3, 0.4) is 0 Å². The first kappa shape index (κ1) is 14.1. The molecular weight excluding hydrogens is 288 g/mol. The average molecular weight is 302 g/mol. The molecular formula is C16H14O6. The fraction of sp³-hybridized carbons (Fsp3) is 0.188. The third kappa shape index (κ3) is 1.84. The number of rotatable bonds is 3. The highest BCUT2D eigenvalue weighted by Crippen LogP contribution is 2.42. The molecule has 0 spiro atoms. The predicted molar refractivity (Wildman–Crippen MR) is 81.3 cm³/mol. The van der Waals surface area contributed by atoms with Crippen LogP contribution in [0, 0.1) is 0 Å². The monoisotopic (exact) mass is 302 g/mol. The third-order valence-electron chi connectivity index (χ3n) is 3.49. The number of methoxy groups -OCH3 is 3. The van der Waals surface area contributed by atoms with Crippen LogP contribution in [0.25, 0.3) is 21.9 Å². The van der Waals surface area contributed by atoms with E-state index in [1.54, 1.807) is 18.2 Å². The second-order valence-corrected chi connectivity index (χ2v) is 4.60. The maximum absolute atomic E-state index is 12.7. The Morgan fingerprint density at radius 3 is 2.41 bits per heavy atom. The standard InChI is InChI=1S/C16H14O6/c1-19-9-5-4-6-10-12(9)13(17)8-7-11(20-2)16(21-3)14(18)15(8)22-10/h4-7,18H,1-3H3. The number of benzene rings is 2. The zero-order valence-corrected chi connectivity index (χ0v) is 12.3. The van der Waals surface area contributed by atoms with Crippen LogP contribution in [0.15, 0.2) is 33.5 Å². The molecule has 22 heavy (non-hydrogen) atoms. The van der Waals surface area contributed by atoms with Crippen LogP contribution < -0.4 is 19.6 Å². The summed E-state index contributed by atoms with van der Waals surface area (Å²) < 4.78 is 21.1. The van der Waals surface area contributed by atoms with Crippen molar-refractivity contribution >= 4 is 21.9 Å². The zero-order valence-electron chi connectivity index (χ0n) is 12.3. The van der Waals surface area contributed by atoms with Crippen molar-refractivity contribution in [1.29, 1.82) is 0 Å². The smallest absolute Gasteiger partial charge is 0.207 e. The summed E-state index contributed by atoms with van der Waals surface area (Å²) in [6, 6.07) is 6.49. The normalized spacial score (nSPS) is 10.9. The van der Waals surface area contributed by atoms with Crippen LogP contribution in [-0.2, 0) is 0 Å². The van der Waals surface area contributed by atoms with Gasteiger partial charge in [-0.05, 0) is 18.2 Å². The first-order valence-electron chi connectivity index (χ1n) is 6.49. The van der Waals surface area contributed by atoms with E-state index >= 15 is 0 Å². The Labute approximate surface area is 125 Å². The van der Waals surface area contributed by atoms with E-state index in [-0.39, 0.29) is 33.6 Å². The maximum Gasteiger partial charge on any atom is 0.207 e. The van der Waals surface area contributed by atoms with Gasteiger partial charge in [0.2, 0.25) is 16.9 Å². The van der Waals surface area contributed by atoms with Crippen molar-refractivity contribution in [1.82, 2.24) is 0 Å². The van der Waals surface area contributed by atoms with E-state index in [9.17, 15) is 9.90 Å². The minimum Gasteiger partial charge on any atom is -0.502 e. The molecule has 6 heteroatoms. The molecule has 0 aliphatic carbocycles. The topological polar surface area (TPSA) is 78.1 Å². The summed E-state index contributed by atoms with van der Waals surface area (Å²) in [4.78, 5) is 12.7. The summed E-state index contributed by atoms with van der Waals surface area (Å²) in [5, 5.41) is 10.8. The van der Waals surface area contributed by atoms with Crippen molar-refractivity contribution in [2.75, 3.05) is 21.3 Å². The van der Waals surface area contributed by atoms with Gasteiger partial charge >= 0.3 is 0 Å². The number of fused-ring (bicyclic) bond motifs is 2. The summed E-state index contributed by atoms with van der Waals surface area (Å²) in [5.74, 6) is 0.482. The van der Waals surface area contributed by atoms with Gasteiger partial charge in [-0.1, -0.05) is 6.07 Å². The number of aromatic hydroxyl groups is 1. The van der Waals surface area contributed by atoms with Crippen molar-refractivity contribution in [3.63, 3.8) is 0 Å². The fourth-order valence-corrected chi connectivity index (χ4v) is 2.46. The molecule has 0 atom stereocenters. The summed E-state index contributed by atoms with van der Waals surface area (Å²) in [6.07, 6.45) is 0. The van der Waals surface area contributed by atoms with E-state index in [2.05, 4.69) is 0 Å². The zero-order chi connectivity index (χ0) is 15.9. The first-order chi connectivity index (χ1) is 10.6. The highest BCUT2D eigenvalue weighted by atomic mass is 16.5. The van der Waals surface area contributed by atoms with E-state index in [0.717, 1.165) is 0 Å². The number of hydrogen-bond acceptors (Lipinski definition) is 6. The van der Waals surface area contributed by atoms with Gasteiger partial charge in [0, 0.05) is 0 Å². The lowest BCUT2D eigenvalue weighted by Crippen LogP contribution is -2.05. The average Bonchev–Trinajstić information content (AvgIpc) is 2.55. The highest BCUT2D eigenvalue weighted by molar-refractivity contribution is 5.97. The Morgan fingerprint density at radius 2 is 1.77 bits per heavy atom. The fourth-order valence-electron chi connectivity index (χ4n) is 2.46.